The summed E-state index contributed by atoms with van der Waals surface area (Å²) in [5.41, 5.74) is -6.54. The zero-order valence-electron chi connectivity index (χ0n) is 10.3. The van der Waals surface area contributed by atoms with Crippen LogP contribution in [0.5, 0.6) is 11.5 Å². The van der Waals surface area contributed by atoms with Crippen LogP contribution in [0.4, 0.5) is 13.2 Å². The molecule has 2 rings (SSSR count). The fraction of sp³-hybridized carbons (Fsp3) is 0.182. The van der Waals surface area contributed by atoms with Gasteiger partial charge in [0.15, 0.2) is 0 Å². The first-order valence-corrected chi connectivity index (χ1v) is 6.67. The van der Waals surface area contributed by atoms with E-state index in [0.29, 0.717) is 0 Å². The highest BCUT2D eigenvalue weighted by Crippen LogP contribution is 2.30. The molecule has 6 nitrogen and oxygen atoms in total. The molecule has 0 aliphatic rings. The van der Waals surface area contributed by atoms with Crippen LogP contribution in [0.1, 0.15) is 0 Å². The number of ether oxygens (including phenoxy) is 1. The molecule has 0 N–H and O–H groups in total. The number of hydrogen-bond donors (Lipinski definition) is 0. The largest absolute Gasteiger partial charge is 0.534 e. The first-order chi connectivity index (χ1) is 9.64. The minimum atomic E-state index is -5.80. The van der Waals surface area contributed by atoms with E-state index >= 15 is 0 Å². The van der Waals surface area contributed by atoms with Gasteiger partial charge in [-0.15, -0.1) is 0 Å². The maximum atomic E-state index is 12.2. The Hall–Kier alpha value is -2.23. The second-order valence-electron chi connectivity index (χ2n) is 3.77. The van der Waals surface area contributed by atoms with Gasteiger partial charge in [0.2, 0.25) is 0 Å². The molecule has 21 heavy (non-hydrogen) atoms. The zero-order chi connectivity index (χ0) is 15.8. The zero-order valence-corrected chi connectivity index (χ0v) is 11.1. The normalized spacial score (nSPS) is 12.4. The van der Waals surface area contributed by atoms with Gasteiger partial charge in [-0.2, -0.15) is 21.6 Å². The van der Waals surface area contributed by atoms with Gasteiger partial charge >= 0.3 is 21.3 Å². The molecular formula is C11H7F3O6S. The molecule has 0 spiro atoms. The van der Waals surface area contributed by atoms with E-state index in [1.165, 1.54) is 13.2 Å². The molecule has 1 aromatic carbocycles. The van der Waals surface area contributed by atoms with Crippen LogP contribution in [-0.2, 0) is 10.1 Å². The summed E-state index contributed by atoms with van der Waals surface area (Å²) in [4.78, 5) is 11.2. The number of fused-ring (bicyclic) bond motifs is 1. The van der Waals surface area contributed by atoms with Crippen molar-refractivity contribution in [2.24, 2.45) is 0 Å². The van der Waals surface area contributed by atoms with Crippen molar-refractivity contribution in [3.63, 3.8) is 0 Å². The fourth-order valence-corrected chi connectivity index (χ4v) is 1.96. The molecule has 2 aromatic rings. The number of hydrogen-bond acceptors (Lipinski definition) is 6. The summed E-state index contributed by atoms with van der Waals surface area (Å²) >= 11 is 0. The third-order valence-corrected chi connectivity index (χ3v) is 3.37. The van der Waals surface area contributed by atoms with E-state index in [2.05, 4.69) is 4.18 Å². The van der Waals surface area contributed by atoms with Crippen LogP contribution >= 0.6 is 0 Å². The predicted octanol–water partition coefficient (Wildman–Crippen LogP) is 2.03. The van der Waals surface area contributed by atoms with Crippen LogP contribution in [0.15, 0.2) is 33.5 Å². The minimum Gasteiger partial charge on any atom is -0.496 e. The lowest BCUT2D eigenvalue weighted by atomic mass is 10.2. The van der Waals surface area contributed by atoms with Gasteiger partial charge in [-0.25, -0.2) is 4.79 Å². The molecule has 0 atom stereocenters. The molecule has 1 aromatic heterocycles. The summed E-state index contributed by atoms with van der Waals surface area (Å²) in [6.07, 6.45) is 0. The van der Waals surface area contributed by atoms with E-state index in [0.717, 1.165) is 18.2 Å². The van der Waals surface area contributed by atoms with Crippen molar-refractivity contribution in [2.75, 3.05) is 7.11 Å². The Balaban J connectivity index is 2.52. The SMILES string of the molecule is COc1cc(=O)oc2cc(OS(=O)(=O)C(F)(F)F)ccc12. The van der Waals surface area contributed by atoms with E-state index in [-0.39, 0.29) is 16.7 Å². The molecule has 0 saturated heterocycles. The highest BCUT2D eigenvalue weighted by Gasteiger charge is 2.48. The topological polar surface area (TPSA) is 82.8 Å². The highest BCUT2D eigenvalue weighted by atomic mass is 32.2. The quantitative estimate of drug-likeness (QED) is 0.488. The van der Waals surface area contributed by atoms with Crippen molar-refractivity contribution < 1.29 is 34.9 Å². The lowest BCUT2D eigenvalue weighted by Gasteiger charge is -2.10. The molecule has 10 heteroatoms. The summed E-state index contributed by atoms with van der Waals surface area (Å²) in [7, 11) is -4.51. The maximum Gasteiger partial charge on any atom is 0.534 e. The minimum absolute atomic E-state index is 0.131. The third-order valence-electron chi connectivity index (χ3n) is 2.39. The summed E-state index contributed by atoms with van der Waals surface area (Å²) in [5.74, 6) is -0.511. The average molecular weight is 324 g/mol. The Kier molecular flexibility index (Phi) is 3.58. The van der Waals surface area contributed by atoms with Crippen molar-refractivity contribution in [3.05, 3.63) is 34.7 Å². The van der Waals surface area contributed by atoms with Crippen LogP contribution in [0.2, 0.25) is 0 Å². The van der Waals surface area contributed by atoms with Crippen LogP contribution in [0, 0.1) is 0 Å². The average Bonchev–Trinajstić information content (AvgIpc) is 2.35. The van der Waals surface area contributed by atoms with E-state index in [1.807, 2.05) is 0 Å². The van der Waals surface area contributed by atoms with Crippen molar-refractivity contribution in [2.45, 2.75) is 5.51 Å². The molecule has 0 saturated carbocycles. The molecule has 1 heterocycles. The monoisotopic (exact) mass is 324 g/mol. The fourth-order valence-electron chi connectivity index (χ4n) is 1.51. The molecule has 0 fully saturated rings. The van der Waals surface area contributed by atoms with Crippen molar-refractivity contribution >= 4 is 21.1 Å². The molecule has 0 bridgehead atoms. The summed E-state index contributed by atoms with van der Waals surface area (Å²) in [6, 6.07) is 4.07. The number of methoxy groups -OCH3 is 1. The molecule has 0 unspecified atom stereocenters. The van der Waals surface area contributed by atoms with Gasteiger partial charge in [-0.1, -0.05) is 0 Å². The molecule has 0 amide bonds. The van der Waals surface area contributed by atoms with E-state index in [1.54, 1.807) is 0 Å². The van der Waals surface area contributed by atoms with Gasteiger partial charge in [0.05, 0.1) is 18.6 Å². The molecule has 0 aliphatic heterocycles. The van der Waals surface area contributed by atoms with Crippen molar-refractivity contribution in [1.29, 1.82) is 0 Å². The molecule has 114 valence electrons. The number of alkyl halides is 3. The van der Waals surface area contributed by atoms with Gasteiger partial charge in [0, 0.05) is 6.07 Å². The smallest absolute Gasteiger partial charge is 0.496 e. The number of rotatable bonds is 3. The Morgan fingerprint density at radius 3 is 2.43 bits per heavy atom. The Morgan fingerprint density at radius 2 is 1.86 bits per heavy atom. The number of benzene rings is 1. The molecular weight excluding hydrogens is 317 g/mol. The summed E-state index contributed by atoms with van der Waals surface area (Å²) in [6.45, 7) is 0. The van der Waals surface area contributed by atoms with E-state index < -0.39 is 27.0 Å². The first kappa shape index (κ1) is 15.2. The second kappa shape index (κ2) is 4.95. The first-order valence-electron chi connectivity index (χ1n) is 5.27. The lowest BCUT2D eigenvalue weighted by Crippen LogP contribution is -2.28. The van der Waals surface area contributed by atoms with Gasteiger partial charge in [-0.3, -0.25) is 0 Å². The van der Waals surface area contributed by atoms with Gasteiger partial charge < -0.3 is 13.3 Å². The van der Waals surface area contributed by atoms with Crippen molar-refractivity contribution in [1.82, 2.24) is 0 Å². The van der Waals surface area contributed by atoms with Crippen molar-refractivity contribution in [3.8, 4) is 11.5 Å². The van der Waals surface area contributed by atoms with Crippen LogP contribution < -0.4 is 14.5 Å². The predicted molar refractivity (Wildman–Crippen MR) is 64.6 cm³/mol. The number of halogens is 3. The van der Waals surface area contributed by atoms with Gasteiger partial charge in [-0.05, 0) is 12.1 Å². The summed E-state index contributed by atoms with van der Waals surface area (Å²) in [5, 5.41) is 0.272. The lowest BCUT2D eigenvalue weighted by molar-refractivity contribution is -0.0500. The van der Waals surface area contributed by atoms with E-state index in [9.17, 15) is 26.4 Å². The van der Waals surface area contributed by atoms with Gasteiger partial charge in [0.1, 0.15) is 17.1 Å². The van der Waals surface area contributed by atoms with Crippen LogP contribution in [-0.4, -0.2) is 21.0 Å². The Labute approximate surface area is 115 Å². The van der Waals surface area contributed by atoms with E-state index in [4.69, 9.17) is 9.15 Å². The third kappa shape index (κ3) is 2.94. The standard InChI is InChI=1S/C11H7F3O6S/c1-18-8-5-10(15)19-9-4-6(2-3-7(8)9)20-21(16,17)11(12,13)14/h2-5H,1H3. The highest BCUT2D eigenvalue weighted by molar-refractivity contribution is 7.88. The summed E-state index contributed by atoms with van der Waals surface area (Å²) < 4.78 is 72.0. The van der Waals surface area contributed by atoms with Crippen LogP contribution in [0.25, 0.3) is 11.0 Å². The molecule has 0 aliphatic carbocycles. The van der Waals surface area contributed by atoms with Gasteiger partial charge in [0.25, 0.3) is 0 Å². The second-order valence-corrected chi connectivity index (χ2v) is 5.31. The Morgan fingerprint density at radius 1 is 1.19 bits per heavy atom. The Bertz CT molecular complexity index is 837. The van der Waals surface area contributed by atoms with Crippen LogP contribution in [0.3, 0.4) is 0 Å². The molecule has 0 radical (unpaired) electrons. The maximum absolute atomic E-state index is 12.2.